The molecule has 0 aromatic carbocycles. The minimum atomic E-state index is -1.50. The van der Waals surface area contributed by atoms with Crippen molar-refractivity contribution in [2.45, 2.75) is 202 Å². The maximum absolute atomic E-state index is 14.8. The quantitative estimate of drug-likeness (QED) is 0.0153. The lowest BCUT2D eigenvalue weighted by atomic mass is 10.0. The van der Waals surface area contributed by atoms with Crippen molar-refractivity contribution in [1.29, 1.82) is 0 Å². The lowest BCUT2D eigenvalue weighted by Crippen LogP contribution is -2.60. The zero-order valence-corrected chi connectivity index (χ0v) is 56.7. The summed E-state index contributed by atoms with van der Waals surface area (Å²) in [6.45, 7) is 1.52. The molecule has 2 aliphatic heterocycles. The Balaban J connectivity index is 2.63. The number of aliphatic imine (C=N–C) groups is 5. The van der Waals surface area contributed by atoms with Gasteiger partial charge in [-0.1, -0.05) is 0 Å². The van der Waals surface area contributed by atoms with Crippen LogP contribution in [0.5, 0.6) is 0 Å². The predicted molar refractivity (Wildman–Crippen MR) is 370 cm³/mol. The van der Waals surface area contributed by atoms with Gasteiger partial charge in [-0.2, -0.15) is 0 Å². The molecular weight excluding hydrogens is 1290 g/mol. The van der Waals surface area contributed by atoms with Crippen LogP contribution in [-0.4, -0.2) is 242 Å². The number of hydrogen-bond acceptors (Lipinski definition) is 20. The van der Waals surface area contributed by atoms with Crippen LogP contribution in [0.4, 0.5) is 0 Å². The fourth-order valence-corrected chi connectivity index (χ4v) is 10.8. The Morgan fingerprint density at radius 2 is 0.667 bits per heavy atom. The molecule has 0 aromatic rings. The van der Waals surface area contributed by atoms with Crippen LogP contribution in [0.25, 0.3) is 0 Å². The number of carbonyl (C=O) groups excluding carboxylic acids is 11. The minimum Gasteiger partial charge on any atom is -0.391 e. The number of likely N-dealkylation sites (tertiary alicyclic amines) is 2. The summed E-state index contributed by atoms with van der Waals surface area (Å²) < 4.78 is 0. The Kier molecular flexibility index (Phi) is 40.2. The number of unbranched alkanes of at least 4 members (excludes halogenated alkanes) is 2. The maximum Gasteiger partial charge on any atom is 0.245 e. The average molecular weight is 1410 g/mol. The van der Waals surface area contributed by atoms with Gasteiger partial charge in [0.1, 0.15) is 60.4 Å². The number of nitrogens with two attached hydrogens (primary N) is 14. The number of primary amides is 1. The number of nitrogens with one attached hydrogen (secondary N) is 8. The van der Waals surface area contributed by atoms with E-state index in [1.165, 1.54) is 16.7 Å². The van der Waals surface area contributed by atoms with E-state index in [9.17, 15) is 57.8 Å². The Morgan fingerprint density at radius 3 is 0.960 bits per heavy atom. The SMILES string of the molecule is C[C@@H](O)[C@H](N)C(=O)N1CCC[C@H]1C(=O)N[C@@H](CCCN=C(N)N)C(=O)N1CCC[C@H]1C(=O)N[C@@H](CCCN=C(N)N)C(=O)N[C@@H](CCCN=C(N)N)C(=O)N[C@@H](CCCN=C(N)N)C(=O)N[C@@H](CCCCN)C(=O)N[C@@H](CCCCN)C(=O)N[C@@H](CCCN=C(N)N)C(=O)NCC(N)=O. The first-order chi connectivity index (χ1) is 46.9. The first-order valence-corrected chi connectivity index (χ1v) is 33.3. The summed E-state index contributed by atoms with van der Waals surface area (Å²) in [6.07, 6.45) is 1.41. The van der Waals surface area contributed by atoms with E-state index in [1.54, 1.807) is 0 Å². The van der Waals surface area contributed by atoms with Crippen LogP contribution in [0.3, 0.4) is 0 Å². The highest BCUT2D eigenvalue weighted by molar-refractivity contribution is 5.99. The van der Waals surface area contributed by atoms with Gasteiger partial charge >= 0.3 is 0 Å². The molecule has 2 saturated heterocycles. The molecule has 99 heavy (non-hydrogen) atoms. The smallest absolute Gasteiger partial charge is 0.245 e. The Bertz CT molecular complexity index is 2790. The number of rotatable bonds is 48. The molecule has 2 heterocycles. The summed E-state index contributed by atoms with van der Waals surface area (Å²) >= 11 is 0. The molecule has 41 nitrogen and oxygen atoms in total. The molecule has 0 aliphatic carbocycles. The van der Waals surface area contributed by atoms with Crippen LogP contribution in [0.1, 0.15) is 135 Å². The third-order valence-corrected chi connectivity index (χ3v) is 16.0. The van der Waals surface area contributed by atoms with E-state index < -0.39 is 138 Å². The van der Waals surface area contributed by atoms with Gasteiger partial charge in [-0.05, 0) is 148 Å². The molecule has 0 aromatic heterocycles. The monoisotopic (exact) mass is 1410 g/mol. The molecule has 2 rings (SSSR count). The highest BCUT2D eigenvalue weighted by Crippen LogP contribution is 2.23. The normalized spacial score (nSPS) is 16.7. The molecular formula is C58H111N29O12. The number of nitrogens with zero attached hydrogens (tertiary/aromatic N) is 7. The van der Waals surface area contributed by atoms with E-state index in [0.29, 0.717) is 32.1 Å². The van der Waals surface area contributed by atoms with Crippen molar-refractivity contribution >= 4 is 94.8 Å². The van der Waals surface area contributed by atoms with Crippen LogP contribution in [0, 0.1) is 0 Å². The fraction of sp³-hybridized carbons (Fsp3) is 0.724. The average Bonchev–Trinajstić information content (AvgIpc) is 1.73. The summed E-state index contributed by atoms with van der Waals surface area (Å²) in [5.41, 5.74) is 78.5. The molecule has 560 valence electrons. The van der Waals surface area contributed by atoms with Crippen molar-refractivity contribution in [3.8, 4) is 0 Å². The van der Waals surface area contributed by atoms with Crippen molar-refractivity contribution < 1.29 is 57.8 Å². The van der Waals surface area contributed by atoms with Gasteiger partial charge in [0.2, 0.25) is 65.0 Å². The second kappa shape index (κ2) is 46.5. The molecule has 0 spiro atoms. The van der Waals surface area contributed by atoms with E-state index in [0.717, 1.165) is 0 Å². The summed E-state index contributed by atoms with van der Waals surface area (Å²) in [4.78, 5) is 177. The number of aliphatic hydroxyl groups is 1. The largest absolute Gasteiger partial charge is 0.391 e. The fourth-order valence-electron chi connectivity index (χ4n) is 10.8. The molecule has 0 radical (unpaired) electrons. The van der Waals surface area contributed by atoms with Crippen LogP contribution in [0.15, 0.2) is 25.0 Å². The first kappa shape index (κ1) is 85.4. The zero-order chi connectivity index (χ0) is 74.1. The number of aliphatic hydroxyl groups excluding tert-OH is 1. The zero-order valence-electron chi connectivity index (χ0n) is 56.7. The first-order valence-electron chi connectivity index (χ1n) is 33.3. The van der Waals surface area contributed by atoms with Crippen molar-refractivity contribution in [1.82, 2.24) is 52.3 Å². The summed E-state index contributed by atoms with van der Waals surface area (Å²) in [6, 6.07) is -13.2. The topological polar surface area (TPSA) is 737 Å². The molecule has 11 amide bonds. The Labute approximate surface area is 575 Å². The summed E-state index contributed by atoms with van der Waals surface area (Å²) in [5, 5.41) is 31.4. The Hall–Kier alpha value is -9.64. The lowest BCUT2D eigenvalue weighted by molar-refractivity contribution is -0.144. The van der Waals surface area contributed by atoms with Gasteiger partial charge in [0.15, 0.2) is 29.8 Å². The second-order valence-corrected chi connectivity index (χ2v) is 24.1. The molecule has 0 saturated carbocycles. The van der Waals surface area contributed by atoms with E-state index in [-0.39, 0.29) is 185 Å². The second-order valence-electron chi connectivity index (χ2n) is 24.1. The molecule has 2 aliphatic rings. The van der Waals surface area contributed by atoms with Crippen molar-refractivity contribution in [3.63, 3.8) is 0 Å². The molecule has 0 bridgehead atoms. The van der Waals surface area contributed by atoms with Gasteiger partial charge in [-0.15, -0.1) is 0 Å². The molecule has 0 unspecified atom stereocenters. The number of amides is 11. The number of hydrogen-bond donors (Lipinski definition) is 23. The molecule has 11 atom stereocenters. The van der Waals surface area contributed by atoms with Gasteiger partial charge < -0.3 is 138 Å². The van der Waals surface area contributed by atoms with Crippen LogP contribution < -0.4 is 123 Å². The highest BCUT2D eigenvalue weighted by atomic mass is 16.3. The number of carbonyl (C=O) groups is 11. The van der Waals surface area contributed by atoms with Crippen LogP contribution >= 0.6 is 0 Å². The van der Waals surface area contributed by atoms with Gasteiger partial charge in [-0.3, -0.25) is 77.7 Å². The van der Waals surface area contributed by atoms with E-state index in [2.05, 4.69) is 67.5 Å². The van der Waals surface area contributed by atoms with Crippen molar-refractivity contribution in [3.05, 3.63) is 0 Å². The third kappa shape index (κ3) is 33.4. The van der Waals surface area contributed by atoms with E-state index >= 15 is 0 Å². The van der Waals surface area contributed by atoms with Gasteiger partial charge in [-0.25, -0.2) is 0 Å². The highest BCUT2D eigenvalue weighted by Gasteiger charge is 2.43. The number of guanidine groups is 5. The molecule has 41 heteroatoms. The van der Waals surface area contributed by atoms with E-state index in [4.69, 9.17) is 80.3 Å². The predicted octanol–water partition coefficient (Wildman–Crippen LogP) is -10.8. The third-order valence-electron chi connectivity index (χ3n) is 16.0. The minimum absolute atomic E-state index is 0.0127. The standard InChI is InChI=1S/C58H111N29O12/c1-32(88)43(62)53(99)87-30-12-21-41(87)51(97)85-39(19-10-28-77-58(71)72)52(98)86-29-11-20-40(86)50(96)84-38(18-9-27-76-57(69)70)49(95)83-37(17-8-26-75-56(67)68)48(94)82-36(16-7-25-74-55(65)66)47(93)81-35(14-3-5-23-60)46(92)80-34(13-2-4-22-59)45(91)79-33(15-6-24-73-54(63)64)44(90)78-31-42(61)89/h32-41,43,88H,2-31,59-60,62H2,1H3,(H2,61,89)(H,78,90)(H,79,91)(H,80,92)(H,81,93)(H,82,94)(H,83,95)(H,84,96)(H,85,97)(H4,63,64,73)(H4,65,66,74)(H4,67,68,75)(H4,69,70,76)(H4,71,72,77)/t32-,33+,34+,35+,36+,37+,38+,39+,40+,41+,43+/m1/s1. The molecule has 37 N–H and O–H groups in total. The summed E-state index contributed by atoms with van der Waals surface area (Å²) in [7, 11) is 0. The van der Waals surface area contributed by atoms with Crippen molar-refractivity contribution in [2.75, 3.05) is 65.4 Å². The maximum atomic E-state index is 14.8. The van der Waals surface area contributed by atoms with Gasteiger partial charge in [0.05, 0.1) is 12.6 Å². The van der Waals surface area contributed by atoms with Gasteiger partial charge in [0, 0.05) is 45.8 Å². The van der Waals surface area contributed by atoms with Gasteiger partial charge in [0.25, 0.3) is 0 Å². The lowest BCUT2D eigenvalue weighted by Gasteiger charge is -2.32. The van der Waals surface area contributed by atoms with Crippen LogP contribution in [0.2, 0.25) is 0 Å². The molecule has 2 fully saturated rings. The van der Waals surface area contributed by atoms with E-state index in [1.807, 2.05) is 0 Å². The summed E-state index contributed by atoms with van der Waals surface area (Å²) in [5.74, 6) is -9.98. The van der Waals surface area contributed by atoms with Crippen molar-refractivity contribution in [2.24, 2.45) is 105 Å². The van der Waals surface area contributed by atoms with Crippen LogP contribution in [-0.2, 0) is 52.7 Å². The Morgan fingerprint density at radius 1 is 0.394 bits per heavy atom.